The Morgan fingerprint density at radius 1 is 1.00 bits per heavy atom. The minimum Gasteiger partial charge on any atom is -0.508 e. The molecular weight excluding hydrogens is 514 g/mol. The number of amides is 3. The maximum atomic E-state index is 13.3. The fraction of sp³-hybridized carbons (Fsp3) is 0.320. The average molecular weight is 544 g/mol. The second kappa shape index (κ2) is 13.5. The summed E-state index contributed by atoms with van der Waals surface area (Å²) in [7, 11) is 0. The van der Waals surface area contributed by atoms with Crippen LogP contribution in [0.2, 0.25) is 0 Å². The SMILES string of the molecule is CC(C)CC(NC(=O)OCc1ccccc1)C(=O)NC(Cc1ccc(O)cc1)C(=O)Nn1ncsc1=S. The minimum atomic E-state index is -1.02. The van der Waals surface area contributed by atoms with Crippen LogP contribution in [0.4, 0.5) is 4.79 Å². The molecule has 2 aromatic carbocycles. The highest BCUT2D eigenvalue weighted by atomic mass is 32.1. The van der Waals surface area contributed by atoms with E-state index < -0.39 is 30.0 Å². The first kappa shape index (κ1) is 27.8. The molecule has 0 aliphatic heterocycles. The molecule has 0 aliphatic rings. The molecule has 3 amide bonds. The largest absolute Gasteiger partial charge is 0.508 e. The van der Waals surface area contributed by atoms with E-state index in [1.807, 2.05) is 44.2 Å². The van der Waals surface area contributed by atoms with Gasteiger partial charge in [-0.2, -0.15) is 0 Å². The highest BCUT2D eigenvalue weighted by Gasteiger charge is 2.28. The Morgan fingerprint density at radius 2 is 1.70 bits per heavy atom. The number of carbonyl (C=O) groups excluding carboxylic acids is 3. The van der Waals surface area contributed by atoms with Crippen molar-refractivity contribution in [1.82, 2.24) is 20.5 Å². The van der Waals surface area contributed by atoms with E-state index in [4.69, 9.17) is 17.0 Å². The van der Waals surface area contributed by atoms with Gasteiger partial charge in [0.2, 0.25) is 9.86 Å². The summed E-state index contributed by atoms with van der Waals surface area (Å²) in [6.07, 6.45) is -0.281. The molecule has 10 nitrogen and oxygen atoms in total. The summed E-state index contributed by atoms with van der Waals surface area (Å²) in [5, 5.41) is 18.9. The monoisotopic (exact) mass is 543 g/mol. The molecule has 0 radical (unpaired) electrons. The van der Waals surface area contributed by atoms with Gasteiger partial charge >= 0.3 is 6.09 Å². The van der Waals surface area contributed by atoms with E-state index in [1.54, 1.807) is 12.1 Å². The number of phenols is 1. The van der Waals surface area contributed by atoms with Crippen LogP contribution in [-0.2, 0) is 27.4 Å². The topological polar surface area (TPSA) is 135 Å². The van der Waals surface area contributed by atoms with E-state index in [-0.39, 0.29) is 24.7 Å². The summed E-state index contributed by atoms with van der Waals surface area (Å²) in [6, 6.07) is 13.5. The number of alkyl carbamates (subject to hydrolysis) is 1. The zero-order valence-corrected chi connectivity index (χ0v) is 22.1. The first-order chi connectivity index (χ1) is 17.7. The van der Waals surface area contributed by atoms with Gasteiger partial charge in [-0.25, -0.2) is 10.2 Å². The summed E-state index contributed by atoms with van der Waals surface area (Å²) in [5.41, 5.74) is 5.59. The number of nitrogens with one attached hydrogen (secondary N) is 3. The number of hydrogen-bond acceptors (Lipinski definition) is 8. The van der Waals surface area contributed by atoms with Crippen LogP contribution in [0.5, 0.6) is 5.75 Å². The highest BCUT2D eigenvalue weighted by molar-refractivity contribution is 7.73. The Bertz CT molecular complexity index is 1240. The molecule has 1 aromatic heterocycles. The van der Waals surface area contributed by atoms with Crippen molar-refractivity contribution in [2.75, 3.05) is 5.43 Å². The maximum Gasteiger partial charge on any atom is 0.408 e. The average Bonchev–Trinajstić information content (AvgIpc) is 3.27. The molecule has 12 heteroatoms. The van der Waals surface area contributed by atoms with Crippen molar-refractivity contribution in [3.63, 3.8) is 0 Å². The third-order valence-corrected chi connectivity index (χ3v) is 6.28. The van der Waals surface area contributed by atoms with Crippen LogP contribution < -0.4 is 16.1 Å². The lowest BCUT2D eigenvalue weighted by Gasteiger charge is -2.24. The quantitative estimate of drug-likeness (QED) is 0.272. The van der Waals surface area contributed by atoms with Crippen LogP contribution in [-0.4, -0.2) is 45.0 Å². The third-order valence-electron chi connectivity index (χ3n) is 5.24. The van der Waals surface area contributed by atoms with Crippen LogP contribution in [0, 0.1) is 9.87 Å². The fourth-order valence-electron chi connectivity index (χ4n) is 3.43. The lowest BCUT2D eigenvalue weighted by atomic mass is 10.0. The molecule has 1 heterocycles. The van der Waals surface area contributed by atoms with Gasteiger partial charge in [0.05, 0.1) is 0 Å². The van der Waals surface area contributed by atoms with Gasteiger partial charge in [0.25, 0.3) is 5.91 Å². The summed E-state index contributed by atoms with van der Waals surface area (Å²) in [5.74, 6) is -0.926. The van der Waals surface area contributed by atoms with E-state index in [0.717, 1.165) is 10.4 Å². The predicted octanol–water partition coefficient (Wildman–Crippen LogP) is 3.52. The van der Waals surface area contributed by atoms with Crippen LogP contribution in [0.1, 0.15) is 31.4 Å². The van der Waals surface area contributed by atoms with E-state index in [2.05, 4.69) is 21.2 Å². The molecule has 0 aliphatic carbocycles. The standard InChI is InChI=1S/C25H29N5O5S2/c1-16(2)12-20(28-24(34)35-14-18-6-4-3-5-7-18)22(32)27-21(13-17-8-10-19(31)11-9-17)23(33)29-30-25(36)37-15-26-30/h3-11,15-16,20-21,31H,12-14H2,1-2H3,(H,27,32)(H,28,34)(H,29,33). The molecule has 0 saturated carbocycles. The molecular formula is C25H29N5O5S2. The molecule has 196 valence electrons. The molecule has 2 atom stereocenters. The normalized spacial score (nSPS) is 12.4. The minimum absolute atomic E-state index is 0.0584. The number of benzene rings is 2. The van der Waals surface area contributed by atoms with E-state index >= 15 is 0 Å². The lowest BCUT2D eigenvalue weighted by Crippen LogP contribution is -2.54. The second-order valence-electron chi connectivity index (χ2n) is 8.71. The van der Waals surface area contributed by atoms with Crippen LogP contribution in [0.3, 0.4) is 0 Å². The van der Waals surface area contributed by atoms with Gasteiger partial charge < -0.3 is 20.5 Å². The summed E-state index contributed by atoms with van der Waals surface area (Å²) in [6.45, 7) is 3.90. The Kier molecular flexibility index (Phi) is 10.2. The van der Waals surface area contributed by atoms with E-state index in [1.165, 1.54) is 29.0 Å². The molecule has 0 saturated heterocycles. The van der Waals surface area contributed by atoms with Gasteiger partial charge in [-0.05, 0) is 47.8 Å². The smallest absolute Gasteiger partial charge is 0.408 e. The molecule has 0 bridgehead atoms. The molecule has 3 aromatic rings. The molecule has 0 fully saturated rings. The maximum absolute atomic E-state index is 13.3. The summed E-state index contributed by atoms with van der Waals surface area (Å²) >= 11 is 6.32. The number of carbonyl (C=O) groups is 3. The molecule has 4 N–H and O–H groups in total. The van der Waals surface area contributed by atoms with Crippen molar-refractivity contribution in [2.24, 2.45) is 5.92 Å². The summed E-state index contributed by atoms with van der Waals surface area (Å²) < 4.78 is 5.61. The van der Waals surface area contributed by atoms with Crippen molar-refractivity contribution in [3.05, 3.63) is 75.2 Å². The van der Waals surface area contributed by atoms with Crippen LogP contribution >= 0.6 is 23.6 Å². The summed E-state index contributed by atoms with van der Waals surface area (Å²) in [4.78, 5) is 40.0. The number of aromatic nitrogens is 2. The Hall–Kier alpha value is -3.77. The number of nitrogens with zero attached hydrogens (tertiary/aromatic N) is 2. The number of aromatic hydroxyl groups is 1. The van der Waals surface area contributed by atoms with Crippen molar-refractivity contribution < 1.29 is 24.2 Å². The van der Waals surface area contributed by atoms with Gasteiger partial charge in [0.1, 0.15) is 30.0 Å². The molecule has 3 rings (SSSR count). The van der Waals surface area contributed by atoms with Crippen LogP contribution in [0.15, 0.2) is 60.1 Å². The van der Waals surface area contributed by atoms with E-state index in [9.17, 15) is 19.5 Å². The first-order valence-electron chi connectivity index (χ1n) is 11.6. The Morgan fingerprint density at radius 3 is 2.32 bits per heavy atom. The molecule has 37 heavy (non-hydrogen) atoms. The number of ether oxygens (including phenoxy) is 1. The Labute approximate surface area is 223 Å². The van der Waals surface area contributed by atoms with Gasteiger partial charge in [-0.1, -0.05) is 67.6 Å². The Balaban J connectivity index is 1.72. The van der Waals surface area contributed by atoms with Gasteiger partial charge in [0, 0.05) is 6.42 Å². The van der Waals surface area contributed by atoms with Gasteiger partial charge in [-0.15, -0.1) is 9.89 Å². The molecule has 2 unspecified atom stereocenters. The highest BCUT2D eigenvalue weighted by Crippen LogP contribution is 2.13. The zero-order valence-electron chi connectivity index (χ0n) is 20.4. The van der Waals surface area contributed by atoms with Crippen molar-refractivity contribution in [2.45, 2.75) is 45.4 Å². The van der Waals surface area contributed by atoms with Crippen LogP contribution in [0.25, 0.3) is 0 Å². The number of rotatable bonds is 11. The number of hydrogen-bond donors (Lipinski definition) is 4. The first-order valence-corrected chi connectivity index (χ1v) is 12.9. The van der Waals surface area contributed by atoms with Crippen molar-refractivity contribution >= 4 is 41.5 Å². The fourth-order valence-corrected chi connectivity index (χ4v) is 4.08. The van der Waals surface area contributed by atoms with Crippen molar-refractivity contribution in [3.8, 4) is 5.75 Å². The van der Waals surface area contributed by atoms with Gasteiger partial charge in [0.15, 0.2) is 0 Å². The second-order valence-corrected chi connectivity index (χ2v) is 10.2. The lowest BCUT2D eigenvalue weighted by molar-refractivity contribution is -0.128. The number of phenolic OH excluding ortho intramolecular Hbond substituents is 1. The van der Waals surface area contributed by atoms with Crippen molar-refractivity contribution in [1.29, 1.82) is 0 Å². The predicted molar refractivity (Wildman–Crippen MR) is 142 cm³/mol. The molecule has 0 spiro atoms. The zero-order chi connectivity index (χ0) is 26.8. The van der Waals surface area contributed by atoms with Gasteiger partial charge in [-0.3, -0.25) is 9.59 Å². The third kappa shape index (κ3) is 8.99. The van der Waals surface area contributed by atoms with E-state index in [0.29, 0.717) is 15.9 Å².